The average molecular weight is 575 g/mol. The lowest BCUT2D eigenvalue weighted by Gasteiger charge is -2.30. The number of imide groups is 1. The minimum Gasteiger partial charge on any atom is -0.493 e. The molecular weight excluding hydrogens is 552 g/mol. The molecule has 2 aromatic rings. The third kappa shape index (κ3) is 4.15. The van der Waals surface area contributed by atoms with E-state index in [1.165, 1.54) is 45.4 Å². The molecule has 4 atom stereocenters. The Labute approximate surface area is 219 Å². The molecule has 2 saturated heterocycles. The summed E-state index contributed by atoms with van der Waals surface area (Å²) in [5.41, 5.74) is -1.36. The van der Waals surface area contributed by atoms with E-state index < -0.39 is 53.6 Å². The van der Waals surface area contributed by atoms with Crippen molar-refractivity contribution in [3.05, 3.63) is 52.0 Å². The second kappa shape index (κ2) is 9.60. The highest BCUT2D eigenvalue weighted by Gasteiger charge is 2.69. The van der Waals surface area contributed by atoms with E-state index in [0.717, 1.165) is 4.90 Å². The van der Waals surface area contributed by atoms with Crippen LogP contribution >= 0.6 is 15.9 Å². The van der Waals surface area contributed by atoms with Crippen molar-refractivity contribution in [3.63, 3.8) is 0 Å². The van der Waals surface area contributed by atoms with Crippen LogP contribution in [0.2, 0.25) is 0 Å². The summed E-state index contributed by atoms with van der Waals surface area (Å²) in [5.74, 6) is -6.88. The van der Waals surface area contributed by atoms with Gasteiger partial charge in [-0.2, -0.15) is 0 Å². The zero-order chi connectivity index (χ0) is 27.2. The summed E-state index contributed by atoms with van der Waals surface area (Å²) in [6.07, 6.45) is -0.940. The maximum absolute atomic E-state index is 13.7. The van der Waals surface area contributed by atoms with E-state index in [-0.39, 0.29) is 17.2 Å². The van der Waals surface area contributed by atoms with Crippen molar-refractivity contribution in [1.29, 1.82) is 0 Å². The van der Waals surface area contributed by atoms with Crippen LogP contribution in [0.3, 0.4) is 0 Å². The van der Waals surface area contributed by atoms with Crippen LogP contribution in [0, 0.1) is 11.8 Å². The number of anilines is 1. The number of fused-ring (bicyclic) bond motifs is 1. The molecule has 12 heteroatoms. The number of benzene rings is 2. The van der Waals surface area contributed by atoms with Crippen molar-refractivity contribution < 1.29 is 43.7 Å². The monoisotopic (exact) mass is 574 g/mol. The van der Waals surface area contributed by atoms with Gasteiger partial charge in [0.15, 0.2) is 17.3 Å². The Balaban J connectivity index is 1.88. The largest absolute Gasteiger partial charge is 0.493 e. The molecule has 2 aromatic carbocycles. The summed E-state index contributed by atoms with van der Waals surface area (Å²) >= 11 is 3.38. The van der Waals surface area contributed by atoms with Crippen LogP contribution in [0.1, 0.15) is 35.3 Å². The lowest BCUT2D eigenvalue weighted by molar-refractivity contribution is -0.154. The van der Waals surface area contributed by atoms with Gasteiger partial charge in [-0.3, -0.25) is 29.3 Å². The zero-order valence-electron chi connectivity index (χ0n) is 20.0. The normalized spacial score (nSPS) is 24.6. The van der Waals surface area contributed by atoms with Crippen LogP contribution in [0.5, 0.6) is 11.5 Å². The van der Waals surface area contributed by atoms with Crippen LogP contribution in [0.15, 0.2) is 40.9 Å². The molecule has 0 bridgehead atoms. The molecule has 0 aromatic heterocycles. The number of carbonyl (C=O) groups excluding carboxylic acids is 3. The number of nitrogens with one attached hydrogen (secondary N) is 1. The SMILES string of the molecule is COc1cc(C2NC(CC(=O)O)(C(=O)O)C3C(=O)N(c4ccc(C(C)=O)cc4)C(=O)C23)cc(Br)c1OC. The van der Waals surface area contributed by atoms with Gasteiger partial charge in [0.1, 0.15) is 5.54 Å². The van der Waals surface area contributed by atoms with Crippen LogP contribution in [-0.4, -0.2) is 59.5 Å². The number of carboxylic acids is 2. The van der Waals surface area contributed by atoms with Gasteiger partial charge >= 0.3 is 11.9 Å². The highest BCUT2D eigenvalue weighted by molar-refractivity contribution is 9.10. The first-order valence-electron chi connectivity index (χ1n) is 11.1. The summed E-state index contributed by atoms with van der Waals surface area (Å²) in [5, 5.41) is 22.6. The first-order valence-corrected chi connectivity index (χ1v) is 11.9. The van der Waals surface area contributed by atoms with Gasteiger partial charge in [-0.15, -0.1) is 0 Å². The third-order valence-corrected chi connectivity index (χ3v) is 7.40. The van der Waals surface area contributed by atoms with Crippen molar-refractivity contribution in [3.8, 4) is 11.5 Å². The maximum Gasteiger partial charge on any atom is 0.325 e. The van der Waals surface area contributed by atoms with Gasteiger partial charge < -0.3 is 19.7 Å². The molecule has 3 N–H and O–H groups in total. The van der Waals surface area contributed by atoms with E-state index in [0.29, 0.717) is 21.3 Å². The molecule has 2 heterocycles. The van der Waals surface area contributed by atoms with Crippen LogP contribution in [-0.2, 0) is 19.2 Å². The van der Waals surface area contributed by atoms with Gasteiger partial charge in [0.25, 0.3) is 0 Å². The Hall–Kier alpha value is -3.77. The zero-order valence-corrected chi connectivity index (χ0v) is 21.6. The summed E-state index contributed by atoms with van der Waals surface area (Å²) in [7, 11) is 2.84. The second-order valence-corrected chi connectivity index (χ2v) is 9.68. The number of ketones is 1. The van der Waals surface area contributed by atoms with E-state index in [1.807, 2.05) is 0 Å². The minimum atomic E-state index is -2.26. The molecule has 0 aliphatic carbocycles. The fourth-order valence-corrected chi connectivity index (χ4v) is 5.80. The molecule has 2 amide bonds. The standard InChI is InChI=1S/C25H23BrN2O9/c1-11(29)12-4-6-14(7-5-12)28-22(32)18-19(23(28)33)25(24(34)35,10-17(30)31)27-20(18)13-8-15(26)21(37-3)16(9-13)36-2/h4-9,18-20,27H,10H2,1-3H3,(H,30,31)(H,34,35). The minimum absolute atomic E-state index is 0.149. The number of rotatable bonds is 8. The van der Waals surface area contributed by atoms with Crippen LogP contribution in [0.25, 0.3) is 0 Å². The molecule has 0 saturated carbocycles. The van der Waals surface area contributed by atoms with E-state index in [1.54, 1.807) is 12.1 Å². The van der Waals surface area contributed by atoms with Crippen molar-refractivity contribution in [2.45, 2.75) is 24.9 Å². The van der Waals surface area contributed by atoms with Crippen molar-refractivity contribution in [1.82, 2.24) is 5.32 Å². The topological polar surface area (TPSA) is 160 Å². The first-order chi connectivity index (χ1) is 17.5. The molecular formula is C25H23BrN2O9. The van der Waals surface area contributed by atoms with E-state index >= 15 is 0 Å². The maximum atomic E-state index is 13.7. The fraction of sp³-hybridized carbons (Fsp3) is 0.320. The molecule has 2 aliphatic rings. The number of hydrogen-bond donors (Lipinski definition) is 3. The van der Waals surface area contributed by atoms with Crippen LogP contribution in [0.4, 0.5) is 5.69 Å². The smallest absolute Gasteiger partial charge is 0.325 e. The predicted octanol–water partition coefficient (Wildman–Crippen LogP) is 2.42. The number of amides is 2. The quantitative estimate of drug-likeness (QED) is 0.315. The Bertz CT molecular complexity index is 1330. The number of hydrogen-bond acceptors (Lipinski definition) is 8. The predicted molar refractivity (Wildman–Crippen MR) is 132 cm³/mol. The molecule has 0 radical (unpaired) electrons. The van der Waals surface area contributed by atoms with Crippen molar-refractivity contribution in [2.75, 3.05) is 19.1 Å². The summed E-state index contributed by atoms with van der Waals surface area (Å²) in [6, 6.07) is 7.83. The van der Waals surface area contributed by atoms with Gasteiger partial charge in [-0.05, 0) is 64.8 Å². The van der Waals surface area contributed by atoms with Gasteiger partial charge in [0.2, 0.25) is 11.8 Å². The molecule has 0 spiro atoms. The number of ether oxygens (including phenoxy) is 2. The van der Waals surface area contributed by atoms with Gasteiger partial charge in [0.05, 0.1) is 42.6 Å². The number of carbonyl (C=O) groups is 5. The summed E-state index contributed by atoms with van der Waals surface area (Å²) < 4.78 is 11.2. The van der Waals surface area contributed by atoms with Crippen LogP contribution < -0.4 is 19.7 Å². The Kier molecular flexibility index (Phi) is 6.82. The Morgan fingerprint density at radius 1 is 1.05 bits per heavy atom. The number of nitrogens with zero attached hydrogens (tertiary/aromatic N) is 1. The second-order valence-electron chi connectivity index (χ2n) is 8.83. The average Bonchev–Trinajstić information content (AvgIpc) is 3.32. The summed E-state index contributed by atoms with van der Waals surface area (Å²) in [4.78, 5) is 64.3. The number of aliphatic carboxylic acids is 2. The molecule has 37 heavy (non-hydrogen) atoms. The highest BCUT2D eigenvalue weighted by atomic mass is 79.9. The fourth-order valence-electron chi connectivity index (χ4n) is 5.18. The van der Waals surface area contributed by atoms with E-state index in [2.05, 4.69) is 21.2 Å². The van der Waals surface area contributed by atoms with Gasteiger partial charge in [-0.25, -0.2) is 4.90 Å². The lowest BCUT2D eigenvalue weighted by Crippen LogP contribution is -2.57. The molecule has 2 fully saturated rings. The van der Waals surface area contributed by atoms with E-state index in [4.69, 9.17) is 9.47 Å². The highest BCUT2D eigenvalue weighted by Crippen LogP contribution is 2.52. The van der Waals surface area contributed by atoms with Crippen molar-refractivity contribution >= 4 is 51.2 Å². The molecule has 194 valence electrons. The number of Topliss-reactive ketones (excluding diaryl/α,β-unsaturated/α-hetero) is 1. The number of halogens is 1. The molecule has 2 aliphatic heterocycles. The molecule has 4 unspecified atom stereocenters. The van der Waals surface area contributed by atoms with E-state index in [9.17, 15) is 34.2 Å². The van der Waals surface area contributed by atoms with Gasteiger partial charge in [-0.1, -0.05) is 0 Å². The Morgan fingerprint density at radius 2 is 1.70 bits per heavy atom. The summed E-state index contributed by atoms with van der Waals surface area (Å²) in [6.45, 7) is 1.37. The molecule has 11 nitrogen and oxygen atoms in total. The number of carboxylic acid groups (broad SMARTS) is 2. The third-order valence-electron chi connectivity index (χ3n) is 6.81. The molecule has 4 rings (SSSR count). The lowest BCUT2D eigenvalue weighted by atomic mass is 9.77. The first kappa shape index (κ1) is 26.3. The number of methoxy groups -OCH3 is 2. The van der Waals surface area contributed by atoms with Gasteiger partial charge in [0, 0.05) is 11.6 Å². The Morgan fingerprint density at radius 3 is 2.22 bits per heavy atom. The van der Waals surface area contributed by atoms with Crippen molar-refractivity contribution in [2.24, 2.45) is 11.8 Å².